The second-order valence-corrected chi connectivity index (χ2v) is 6.19. The van der Waals surface area contributed by atoms with Gasteiger partial charge >= 0.3 is 0 Å². The lowest BCUT2D eigenvalue weighted by molar-refractivity contribution is -0.123. The summed E-state index contributed by atoms with van der Waals surface area (Å²) >= 11 is 0. The standard InChI is InChI=1S/C19H19N7O/c1-14-22-16-9-5-6-10-17(16)25(14)12-11-20-19(27)18(26-13-21-23-24-26)15-7-3-2-4-8-15/h2-10,13,18H,11-12H2,1H3,(H,20,27)/t18-/m1/s1. The molecule has 0 spiro atoms. The fourth-order valence-corrected chi connectivity index (χ4v) is 3.21. The van der Waals surface area contributed by atoms with Crippen LogP contribution in [0.2, 0.25) is 0 Å². The number of fused-ring (bicyclic) bond motifs is 1. The summed E-state index contributed by atoms with van der Waals surface area (Å²) in [4.78, 5) is 17.4. The maximum atomic E-state index is 12.9. The second-order valence-electron chi connectivity index (χ2n) is 6.19. The fourth-order valence-electron chi connectivity index (χ4n) is 3.21. The van der Waals surface area contributed by atoms with E-state index in [0.717, 1.165) is 22.4 Å². The normalized spacial score (nSPS) is 12.2. The highest BCUT2D eigenvalue weighted by atomic mass is 16.2. The number of nitrogens with zero attached hydrogens (tertiary/aromatic N) is 6. The molecule has 136 valence electrons. The van der Waals surface area contributed by atoms with Crippen LogP contribution >= 0.6 is 0 Å². The Morgan fingerprint density at radius 3 is 2.67 bits per heavy atom. The van der Waals surface area contributed by atoms with Gasteiger partial charge in [-0.1, -0.05) is 42.5 Å². The second kappa shape index (κ2) is 7.36. The van der Waals surface area contributed by atoms with Crippen LogP contribution in [0.4, 0.5) is 0 Å². The summed E-state index contributed by atoms with van der Waals surface area (Å²) in [7, 11) is 0. The molecule has 0 aliphatic carbocycles. The molecule has 4 rings (SSSR count). The van der Waals surface area contributed by atoms with E-state index in [4.69, 9.17) is 0 Å². The number of amides is 1. The first-order valence-corrected chi connectivity index (χ1v) is 8.71. The molecule has 2 aromatic heterocycles. The third-order valence-corrected chi connectivity index (χ3v) is 4.47. The van der Waals surface area contributed by atoms with Crippen LogP contribution in [-0.4, -0.2) is 42.2 Å². The first-order chi connectivity index (χ1) is 13.2. The van der Waals surface area contributed by atoms with Crippen molar-refractivity contribution in [1.29, 1.82) is 0 Å². The Kier molecular flexibility index (Phi) is 4.61. The molecule has 0 unspecified atom stereocenters. The molecule has 0 aliphatic rings. The molecule has 27 heavy (non-hydrogen) atoms. The van der Waals surface area contributed by atoms with Gasteiger partial charge in [0.05, 0.1) is 11.0 Å². The first-order valence-electron chi connectivity index (χ1n) is 8.71. The van der Waals surface area contributed by atoms with Gasteiger partial charge in [-0.25, -0.2) is 9.67 Å². The fraction of sp³-hybridized carbons (Fsp3) is 0.211. The van der Waals surface area contributed by atoms with E-state index in [1.54, 1.807) is 0 Å². The van der Waals surface area contributed by atoms with Crippen LogP contribution in [0, 0.1) is 6.92 Å². The van der Waals surface area contributed by atoms with E-state index in [1.807, 2.05) is 61.5 Å². The molecular weight excluding hydrogens is 342 g/mol. The van der Waals surface area contributed by atoms with Gasteiger partial charge in [0.15, 0.2) is 6.04 Å². The van der Waals surface area contributed by atoms with Crippen LogP contribution in [0.1, 0.15) is 17.4 Å². The molecule has 0 saturated carbocycles. The average Bonchev–Trinajstić information content (AvgIpc) is 3.31. The van der Waals surface area contributed by atoms with E-state index in [1.165, 1.54) is 11.0 Å². The van der Waals surface area contributed by atoms with Gasteiger partial charge in [-0.2, -0.15) is 0 Å². The van der Waals surface area contributed by atoms with E-state index < -0.39 is 6.04 Å². The number of para-hydroxylation sites is 2. The molecule has 1 amide bonds. The first kappa shape index (κ1) is 16.9. The smallest absolute Gasteiger partial charge is 0.249 e. The van der Waals surface area contributed by atoms with E-state index >= 15 is 0 Å². The van der Waals surface area contributed by atoms with Gasteiger partial charge in [0.25, 0.3) is 0 Å². The summed E-state index contributed by atoms with van der Waals surface area (Å²) in [5.41, 5.74) is 2.84. The van der Waals surface area contributed by atoms with Gasteiger partial charge in [0.2, 0.25) is 5.91 Å². The molecule has 0 aliphatic heterocycles. The van der Waals surface area contributed by atoms with Crippen LogP contribution in [0.5, 0.6) is 0 Å². The summed E-state index contributed by atoms with van der Waals surface area (Å²) in [5, 5.41) is 14.2. The van der Waals surface area contributed by atoms with Crippen LogP contribution in [0.3, 0.4) is 0 Å². The zero-order chi connectivity index (χ0) is 18.6. The number of hydrogen-bond acceptors (Lipinski definition) is 5. The SMILES string of the molecule is Cc1nc2ccccc2n1CCNC(=O)[C@@H](c1ccccc1)n1cnnn1. The predicted molar refractivity (Wildman–Crippen MR) is 99.9 cm³/mol. The van der Waals surface area contributed by atoms with Crippen LogP contribution < -0.4 is 5.32 Å². The number of aryl methyl sites for hydroxylation is 1. The summed E-state index contributed by atoms with van der Waals surface area (Å²) in [6.07, 6.45) is 1.45. The molecular formula is C19H19N7O. The van der Waals surface area contributed by atoms with Gasteiger partial charge in [0.1, 0.15) is 12.2 Å². The lowest BCUT2D eigenvalue weighted by Gasteiger charge is -2.17. The number of tetrazole rings is 1. The summed E-state index contributed by atoms with van der Waals surface area (Å²) in [6, 6.07) is 16.8. The highest BCUT2D eigenvalue weighted by molar-refractivity contribution is 5.83. The summed E-state index contributed by atoms with van der Waals surface area (Å²) in [6.45, 7) is 3.08. The Balaban J connectivity index is 1.49. The number of carbonyl (C=O) groups is 1. The molecule has 1 N–H and O–H groups in total. The van der Waals surface area contributed by atoms with E-state index in [2.05, 4.69) is 30.4 Å². The minimum Gasteiger partial charge on any atom is -0.352 e. The Labute approximate surface area is 155 Å². The zero-order valence-electron chi connectivity index (χ0n) is 14.9. The van der Waals surface area contributed by atoms with Gasteiger partial charge < -0.3 is 9.88 Å². The number of nitrogens with one attached hydrogen (secondary N) is 1. The van der Waals surface area contributed by atoms with Gasteiger partial charge in [-0.3, -0.25) is 4.79 Å². The van der Waals surface area contributed by atoms with Crippen LogP contribution in [0.15, 0.2) is 60.9 Å². The average molecular weight is 361 g/mol. The van der Waals surface area contributed by atoms with E-state index in [0.29, 0.717) is 13.1 Å². The molecule has 8 heteroatoms. The molecule has 4 aromatic rings. The molecule has 0 radical (unpaired) electrons. The van der Waals surface area contributed by atoms with Crippen molar-refractivity contribution < 1.29 is 4.79 Å². The third-order valence-electron chi connectivity index (χ3n) is 4.47. The van der Waals surface area contributed by atoms with Crippen molar-refractivity contribution in [3.8, 4) is 0 Å². The quantitative estimate of drug-likeness (QED) is 0.565. The monoisotopic (exact) mass is 361 g/mol. The van der Waals surface area contributed by atoms with Crippen molar-refractivity contribution in [3.63, 3.8) is 0 Å². The molecule has 0 fully saturated rings. The maximum Gasteiger partial charge on any atom is 0.249 e. The molecule has 8 nitrogen and oxygen atoms in total. The van der Waals surface area contributed by atoms with Crippen molar-refractivity contribution in [1.82, 2.24) is 35.1 Å². The lowest BCUT2D eigenvalue weighted by atomic mass is 10.1. The topological polar surface area (TPSA) is 90.5 Å². The third kappa shape index (κ3) is 3.41. The van der Waals surface area contributed by atoms with Crippen LogP contribution in [-0.2, 0) is 11.3 Å². The lowest BCUT2D eigenvalue weighted by Crippen LogP contribution is -2.35. The molecule has 1 atom stereocenters. The van der Waals surface area contributed by atoms with Crippen molar-refractivity contribution in [3.05, 3.63) is 72.3 Å². The number of imidazole rings is 1. The largest absolute Gasteiger partial charge is 0.352 e. The Morgan fingerprint density at radius 2 is 1.89 bits per heavy atom. The number of rotatable bonds is 6. The minimum atomic E-state index is -0.609. The predicted octanol–water partition coefficient (Wildman–Crippen LogP) is 1.74. The van der Waals surface area contributed by atoms with Crippen LogP contribution in [0.25, 0.3) is 11.0 Å². The molecule has 0 saturated heterocycles. The van der Waals surface area contributed by atoms with E-state index in [9.17, 15) is 4.79 Å². The number of hydrogen-bond donors (Lipinski definition) is 1. The number of carbonyl (C=O) groups excluding carboxylic acids is 1. The van der Waals surface area contributed by atoms with Crippen molar-refractivity contribution in [2.75, 3.05) is 6.54 Å². The highest BCUT2D eigenvalue weighted by Crippen LogP contribution is 2.17. The van der Waals surface area contributed by atoms with Gasteiger partial charge in [-0.15, -0.1) is 5.10 Å². The van der Waals surface area contributed by atoms with Crippen molar-refractivity contribution in [2.45, 2.75) is 19.5 Å². The summed E-state index contributed by atoms with van der Waals surface area (Å²) < 4.78 is 3.56. The number of aromatic nitrogens is 6. The van der Waals surface area contributed by atoms with Crippen molar-refractivity contribution >= 4 is 16.9 Å². The molecule has 0 bridgehead atoms. The van der Waals surface area contributed by atoms with E-state index in [-0.39, 0.29) is 5.91 Å². The van der Waals surface area contributed by atoms with Gasteiger partial charge in [0, 0.05) is 13.1 Å². The van der Waals surface area contributed by atoms with Gasteiger partial charge in [-0.05, 0) is 35.0 Å². The Morgan fingerprint density at radius 1 is 1.11 bits per heavy atom. The highest BCUT2D eigenvalue weighted by Gasteiger charge is 2.23. The summed E-state index contributed by atoms with van der Waals surface area (Å²) in [5.74, 6) is 0.765. The number of benzene rings is 2. The Hall–Kier alpha value is -3.55. The molecule has 2 aromatic carbocycles. The maximum absolute atomic E-state index is 12.9. The van der Waals surface area contributed by atoms with Crippen molar-refractivity contribution in [2.24, 2.45) is 0 Å². The minimum absolute atomic E-state index is 0.157. The Bertz CT molecular complexity index is 1040. The molecule has 2 heterocycles. The zero-order valence-corrected chi connectivity index (χ0v) is 14.9.